The standard InChI is InChI=1S/C14H12BrFN2/c15-12-6-14(8-17-7-12)18-4-3-10-5-13(16)2-1-11(10)9-18/h1-2,5-8H,3-4,9H2. The summed E-state index contributed by atoms with van der Waals surface area (Å²) < 4.78 is 14.1. The van der Waals surface area contributed by atoms with Gasteiger partial charge in [0.05, 0.1) is 11.9 Å². The maximum Gasteiger partial charge on any atom is 0.123 e. The Morgan fingerprint density at radius 3 is 2.89 bits per heavy atom. The molecule has 2 nitrogen and oxygen atoms in total. The molecule has 0 bridgehead atoms. The van der Waals surface area contributed by atoms with Crippen molar-refractivity contribution in [1.29, 1.82) is 0 Å². The van der Waals surface area contributed by atoms with Gasteiger partial charge in [0.2, 0.25) is 0 Å². The summed E-state index contributed by atoms with van der Waals surface area (Å²) in [6.07, 6.45) is 4.51. The zero-order valence-corrected chi connectivity index (χ0v) is 11.3. The molecule has 0 unspecified atom stereocenters. The van der Waals surface area contributed by atoms with E-state index < -0.39 is 0 Å². The molecule has 92 valence electrons. The molecule has 0 spiro atoms. The Kier molecular flexibility index (Phi) is 3.04. The highest BCUT2D eigenvalue weighted by atomic mass is 79.9. The van der Waals surface area contributed by atoms with Crippen LogP contribution in [0.15, 0.2) is 41.1 Å². The first-order chi connectivity index (χ1) is 8.72. The number of hydrogen-bond acceptors (Lipinski definition) is 2. The zero-order chi connectivity index (χ0) is 12.5. The SMILES string of the molecule is Fc1ccc2c(c1)CCN(c1cncc(Br)c1)C2. The van der Waals surface area contributed by atoms with E-state index >= 15 is 0 Å². The van der Waals surface area contributed by atoms with E-state index in [0.29, 0.717) is 0 Å². The van der Waals surface area contributed by atoms with Crippen LogP contribution in [0.5, 0.6) is 0 Å². The van der Waals surface area contributed by atoms with Gasteiger partial charge in [0.1, 0.15) is 5.82 Å². The van der Waals surface area contributed by atoms with Crippen molar-refractivity contribution in [3.05, 3.63) is 58.1 Å². The Morgan fingerprint density at radius 2 is 2.06 bits per heavy atom. The summed E-state index contributed by atoms with van der Waals surface area (Å²) >= 11 is 3.43. The lowest BCUT2D eigenvalue weighted by Gasteiger charge is -2.30. The van der Waals surface area contributed by atoms with Crippen molar-refractivity contribution in [2.45, 2.75) is 13.0 Å². The van der Waals surface area contributed by atoms with Crippen LogP contribution in [0.4, 0.5) is 10.1 Å². The predicted molar refractivity (Wildman–Crippen MR) is 73.1 cm³/mol. The summed E-state index contributed by atoms with van der Waals surface area (Å²) in [5.41, 5.74) is 3.41. The monoisotopic (exact) mass is 306 g/mol. The van der Waals surface area contributed by atoms with Gasteiger partial charge in [-0.05, 0) is 51.7 Å². The number of benzene rings is 1. The van der Waals surface area contributed by atoms with Crippen LogP contribution in [0.2, 0.25) is 0 Å². The number of fused-ring (bicyclic) bond motifs is 1. The lowest BCUT2D eigenvalue weighted by Crippen LogP contribution is -2.30. The van der Waals surface area contributed by atoms with Crippen molar-refractivity contribution in [2.24, 2.45) is 0 Å². The first kappa shape index (κ1) is 11.7. The van der Waals surface area contributed by atoms with Crippen LogP contribution >= 0.6 is 15.9 Å². The van der Waals surface area contributed by atoms with Gasteiger partial charge in [0.15, 0.2) is 0 Å². The topological polar surface area (TPSA) is 16.1 Å². The molecule has 4 heteroatoms. The highest BCUT2D eigenvalue weighted by Gasteiger charge is 2.17. The van der Waals surface area contributed by atoms with Crippen molar-refractivity contribution in [1.82, 2.24) is 4.98 Å². The smallest absolute Gasteiger partial charge is 0.123 e. The molecular formula is C14H12BrFN2. The van der Waals surface area contributed by atoms with E-state index in [1.807, 2.05) is 12.3 Å². The minimum absolute atomic E-state index is 0.147. The summed E-state index contributed by atoms with van der Waals surface area (Å²) in [6, 6.07) is 7.11. The van der Waals surface area contributed by atoms with Crippen LogP contribution in [0, 0.1) is 5.82 Å². The van der Waals surface area contributed by atoms with Crippen LogP contribution < -0.4 is 4.90 Å². The lowest BCUT2D eigenvalue weighted by molar-refractivity contribution is 0.619. The van der Waals surface area contributed by atoms with Crippen molar-refractivity contribution >= 4 is 21.6 Å². The second kappa shape index (κ2) is 4.69. The minimum Gasteiger partial charge on any atom is -0.366 e. The van der Waals surface area contributed by atoms with Gasteiger partial charge in [-0.3, -0.25) is 4.98 Å². The van der Waals surface area contributed by atoms with Crippen molar-refractivity contribution in [3.63, 3.8) is 0 Å². The van der Waals surface area contributed by atoms with Crippen molar-refractivity contribution < 1.29 is 4.39 Å². The van der Waals surface area contributed by atoms with Crippen LogP contribution in [0.25, 0.3) is 0 Å². The minimum atomic E-state index is -0.147. The Labute approximate surface area is 114 Å². The number of hydrogen-bond donors (Lipinski definition) is 0. The maximum absolute atomic E-state index is 13.1. The molecule has 1 aliphatic heterocycles. The molecule has 0 atom stereocenters. The maximum atomic E-state index is 13.1. The van der Waals surface area contributed by atoms with Crippen LogP contribution in [0.3, 0.4) is 0 Å². The fourth-order valence-corrected chi connectivity index (χ4v) is 2.67. The molecule has 3 rings (SSSR count). The van der Waals surface area contributed by atoms with Gasteiger partial charge in [0, 0.05) is 23.8 Å². The number of aromatic nitrogens is 1. The Balaban J connectivity index is 1.89. The van der Waals surface area contributed by atoms with Crippen molar-refractivity contribution in [3.8, 4) is 0 Å². The first-order valence-electron chi connectivity index (χ1n) is 5.85. The lowest BCUT2D eigenvalue weighted by atomic mass is 9.99. The third-order valence-electron chi connectivity index (χ3n) is 3.24. The molecule has 0 fully saturated rings. The quantitative estimate of drug-likeness (QED) is 0.801. The largest absolute Gasteiger partial charge is 0.366 e. The van der Waals surface area contributed by atoms with Gasteiger partial charge in [-0.1, -0.05) is 6.07 Å². The molecule has 2 heterocycles. The van der Waals surface area contributed by atoms with E-state index in [1.54, 1.807) is 12.3 Å². The second-order valence-corrected chi connectivity index (χ2v) is 5.36. The van der Waals surface area contributed by atoms with E-state index in [2.05, 4.69) is 31.9 Å². The molecule has 1 aliphatic rings. The molecule has 1 aromatic carbocycles. The average molecular weight is 307 g/mol. The van der Waals surface area contributed by atoms with Gasteiger partial charge in [0.25, 0.3) is 0 Å². The molecule has 0 amide bonds. The molecule has 0 N–H and O–H groups in total. The molecule has 0 saturated heterocycles. The average Bonchev–Trinajstić information content (AvgIpc) is 2.38. The Hall–Kier alpha value is -1.42. The summed E-state index contributed by atoms with van der Waals surface area (Å²) in [4.78, 5) is 6.44. The third-order valence-corrected chi connectivity index (χ3v) is 3.67. The normalized spacial score (nSPS) is 14.4. The summed E-state index contributed by atoms with van der Waals surface area (Å²) in [5.74, 6) is -0.147. The van der Waals surface area contributed by atoms with Gasteiger partial charge < -0.3 is 4.90 Å². The fourth-order valence-electron chi connectivity index (χ4n) is 2.32. The zero-order valence-electron chi connectivity index (χ0n) is 9.74. The summed E-state index contributed by atoms with van der Waals surface area (Å²) in [5, 5.41) is 0. The predicted octanol–water partition coefficient (Wildman–Crippen LogP) is 3.55. The van der Waals surface area contributed by atoms with Gasteiger partial charge in [-0.25, -0.2) is 4.39 Å². The number of pyridine rings is 1. The van der Waals surface area contributed by atoms with E-state index in [0.717, 1.165) is 35.2 Å². The summed E-state index contributed by atoms with van der Waals surface area (Å²) in [7, 11) is 0. The van der Waals surface area contributed by atoms with E-state index in [-0.39, 0.29) is 5.82 Å². The molecule has 2 aromatic rings. The van der Waals surface area contributed by atoms with E-state index in [4.69, 9.17) is 0 Å². The van der Waals surface area contributed by atoms with Gasteiger partial charge in [-0.2, -0.15) is 0 Å². The Morgan fingerprint density at radius 1 is 1.17 bits per heavy atom. The number of rotatable bonds is 1. The molecule has 18 heavy (non-hydrogen) atoms. The van der Waals surface area contributed by atoms with Crippen LogP contribution in [0.1, 0.15) is 11.1 Å². The number of halogens is 2. The summed E-state index contributed by atoms with van der Waals surface area (Å²) in [6.45, 7) is 1.71. The number of anilines is 1. The number of nitrogens with zero attached hydrogens (tertiary/aromatic N) is 2. The van der Waals surface area contributed by atoms with Crippen molar-refractivity contribution in [2.75, 3.05) is 11.4 Å². The Bertz CT molecular complexity index is 586. The highest BCUT2D eigenvalue weighted by Crippen LogP contribution is 2.26. The second-order valence-electron chi connectivity index (χ2n) is 4.45. The van der Waals surface area contributed by atoms with Crippen LogP contribution in [-0.4, -0.2) is 11.5 Å². The van der Waals surface area contributed by atoms with Crippen LogP contribution in [-0.2, 0) is 13.0 Å². The molecule has 0 aliphatic carbocycles. The molecule has 1 aromatic heterocycles. The van der Waals surface area contributed by atoms with Gasteiger partial charge in [-0.15, -0.1) is 0 Å². The molecule has 0 saturated carbocycles. The van der Waals surface area contributed by atoms with E-state index in [1.165, 1.54) is 11.6 Å². The van der Waals surface area contributed by atoms with E-state index in [9.17, 15) is 4.39 Å². The third kappa shape index (κ3) is 2.25. The molecule has 0 radical (unpaired) electrons. The molecular weight excluding hydrogens is 295 g/mol. The fraction of sp³-hybridized carbons (Fsp3) is 0.214. The highest BCUT2D eigenvalue weighted by molar-refractivity contribution is 9.10. The first-order valence-corrected chi connectivity index (χ1v) is 6.64. The van der Waals surface area contributed by atoms with Gasteiger partial charge >= 0.3 is 0 Å².